The van der Waals surface area contributed by atoms with Gasteiger partial charge in [0, 0.05) is 16.8 Å². The van der Waals surface area contributed by atoms with E-state index in [4.69, 9.17) is 16.9 Å². The number of aryl methyl sites for hydroxylation is 1. The van der Waals surface area contributed by atoms with Crippen LogP contribution in [0.1, 0.15) is 16.7 Å². The van der Waals surface area contributed by atoms with Gasteiger partial charge in [-0.15, -0.1) is 0 Å². The number of rotatable bonds is 2. The molecule has 0 amide bonds. The maximum Gasteiger partial charge on any atom is 0.253 e. The predicted octanol–water partition coefficient (Wildman–Crippen LogP) is 2.73. The molecule has 1 heterocycles. The van der Waals surface area contributed by atoms with E-state index in [-0.39, 0.29) is 5.56 Å². The smallest absolute Gasteiger partial charge is 0.253 e. The lowest BCUT2D eigenvalue weighted by molar-refractivity contribution is 0.752. The fraction of sp³-hybridized carbons (Fsp3) is 0.143. The van der Waals surface area contributed by atoms with Crippen LogP contribution in [-0.4, -0.2) is 4.57 Å². The highest BCUT2D eigenvalue weighted by atomic mass is 35.5. The molecule has 3 nitrogen and oxygen atoms in total. The molecular weight excluding hydrogens is 248 g/mol. The Labute approximate surface area is 110 Å². The zero-order valence-corrected chi connectivity index (χ0v) is 10.6. The van der Waals surface area contributed by atoms with Crippen LogP contribution in [0.3, 0.4) is 0 Å². The van der Waals surface area contributed by atoms with Gasteiger partial charge in [-0.1, -0.05) is 23.7 Å². The second-order valence-electron chi connectivity index (χ2n) is 4.04. The molecule has 0 aliphatic carbocycles. The summed E-state index contributed by atoms with van der Waals surface area (Å²) in [6.45, 7) is 2.18. The largest absolute Gasteiger partial charge is 0.311 e. The van der Waals surface area contributed by atoms with Crippen molar-refractivity contribution in [3.05, 3.63) is 68.6 Å². The number of pyridine rings is 1. The van der Waals surface area contributed by atoms with E-state index in [9.17, 15) is 4.79 Å². The van der Waals surface area contributed by atoms with Crippen molar-refractivity contribution in [3.63, 3.8) is 0 Å². The third-order valence-corrected chi connectivity index (χ3v) is 3.09. The minimum absolute atomic E-state index is 0.0297. The van der Waals surface area contributed by atoms with Crippen LogP contribution < -0.4 is 5.56 Å². The number of benzene rings is 1. The van der Waals surface area contributed by atoms with Gasteiger partial charge in [-0.25, -0.2) is 0 Å². The standard InChI is InChI=1S/C14H11ClN2O/c1-10-3-2-6-17(14(10)18)9-12-5-4-11(8-16)7-13(12)15/h2-7H,9H2,1H3. The van der Waals surface area contributed by atoms with Crippen LogP contribution in [0.25, 0.3) is 0 Å². The minimum Gasteiger partial charge on any atom is -0.311 e. The maximum absolute atomic E-state index is 11.9. The molecule has 90 valence electrons. The maximum atomic E-state index is 11.9. The monoisotopic (exact) mass is 258 g/mol. The molecule has 0 saturated carbocycles. The molecule has 0 aliphatic rings. The first-order valence-electron chi connectivity index (χ1n) is 5.46. The van der Waals surface area contributed by atoms with Gasteiger partial charge < -0.3 is 4.57 Å². The highest BCUT2D eigenvalue weighted by Crippen LogP contribution is 2.18. The first kappa shape index (κ1) is 12.4. The Kier molecular flexibility index (Phi) is 3.50. The van der Waals surface area contributed by atoms with Gasteiger partial charge in [0.05, 0.1) is 18.2 Å². The van der Waals surface area contributed by atoms with Crippen molar-refractivity contribution in [2.75, 3.05) is 0 Å². The molecule has 0 bridgehead atoms. The van der Waals surface area contributed by atoms with Crippen molar-refractivity contribution in [3.8, 4) is 6.07 Å². The van der Waals surface area contributed by atoms with E-state index >= 15 is 0 Å². The summed E-state index contributed by atoms with van der Waals surface area (Å²) in [5.41, 5.74) is 2.00. The van der Waals surface area contributed by atoms with Crippen LogP contribution in [0.5, 0.6) is 0 Å². The average Bonchev–Trinajstić information content (AvgIpc) is 2.37. The number of halogens is 1. The fourth-order valence-electron chi connectivity index (χ4n) is 1.71. The van der Waals surface area contributed by atoms with Gasteiger partial charge in [0.25, 0.3) is 5.56 Å². The number of hydrogen-bond donors (Lipinski definition) is 0. The van der Waals surface area contributed by atoms with Crippen molar-refractivity contribution in [1.82, 2.24) is 4.57 Å². The third kappa shape index (κ3) is 2.44. The van der Waals surface area contributed by atoms with E-state index in [1.54, 1.807) is 42.0 Å². The van der Waals surface area contributed by atoms with Crippen LogP contribution in [-0.2, 0) is 6.54 Å². The molecule has 2 aromatic rings. The summed E-state index contributed by atoms with van der Waals surface area (Å²) < 4.78 is 1.60. The predicted molar refractivity (Wildman–Crippen MR) is 70.7 cm³/mol. The highest BCUT2D eigenvalue weighted by Gasteiger charge is 2.05. The molecule has 0 radical (unpaired) electrons. The summed E-state index contributed by atoms with van der Waals surface area (Å²) in [5.74, 6) is 0. The highest BCUT2D eigenvalue weighted by molar-refractivity contribution is 6.31. The Morgan fingerprint density at radius 1 is 1.39 bits per heavy atom. The summed E-state index contributed by atoms with van der Waals surface area (Å²) in [5, 5.41) is 9.26. The molecule has 0 spiro atoms. The Morgan fingerprint density at radius 3 is 2.83 bits per heavy atom. The lowest BCUT2D eigenvalue weighted by Crippen LogP contribution is -2.21. The topological polar surface area (TPSA) is 45.8 Å². The van der Waals surface area contributed by atoms with E-state index in [1.165, 1.54) is 0 Å². The minimum atomic E-state index is -0.0297. The molecule has 0 unspecified atom stereocenters. The fourth-order valence-corrected chi connectivity index (χ4v) is 1.95. The number of nitriles is 1. The molecule has 0 N–H and O–H groups in total. The van der Waals surface area contributed by atoms with Gasteiger partial charge >= 0.3 is 0 Å². The van der Waals surface area contributed by atoms with E-state index < -0.39 is 0 Å². The zero-order valence-electron chi connectivity index (χ0n) is 9.85. The normalized spacial score (nSPS) is 10.1. The number of aromatic nitrogens is 1. The quantitative estimate of drug-likeness (QED) is 0.831. The number of hydrogen-bond acceptors (Lipinski definition) is 2. The van der Waals surface area contributed by atoms with Crippen LogP contribution in [0.2, 0.25) is 5.02 Å². The van der Waals surface area contributed by atoms with Crippen molar-refractivity contribution in [2.24, 2.45) is 0 Å². The first-order valence-corrected chi connectivity index (χ1v) is 5.84. The summed E-state index contributed by atoms with van der Waals surface area (Å²) in [6.07, 6.45) is 1.73. The van der Waals surface area contributed by atoms with Gasteiger partial charge in [0.15, 0.2) is 0 Å². The average molecular weight is 259 g/mol. The number of nitrogens with zero attached hydrogens (tertiary/aromatic N) is 2. The van der Waals surface area contributed by atoms with Crippen molar-refractivity contribution in [2.45, 2.75) is 13.5 Å². The molecule has 0 saturated heterocycles. The van der Waals surface area contributed by atoms with Gasteiger partial charge in [0.1, 0.15) is 0 Å². The van der Waals surface area contributed by atoms with Crippen molar-refractivity contribution < 1.29 is 0 Å². The van der Waals surface area contributed by atoms with Crippen molar-refractivity contribution in [1.29, 1.82) is 5.26 Å². The van der Waals surface area contributed by atoms with Gasteiger partial charge in [-0.3, -0.25) is 4.79 Å². The lowest BCUT2D eigenvalue weighted by atomic mass is 10.1. The zero-order chi connectivity index (χ0) is 13.1. The molecule has 1 aromatic heterocycles. The van der Waals surface area contributed by atoms with E-state index in [2.05, 4.69) is 0 Å². The molecular formula is C14H11ClN2O. The molecule has 2 rings (SSSR count). The molecule has 1 aromatic carbocycles. The molecule has 4 heteroatoms. The molecule has 18 heavy (non-hydrogen) atoms. The summed E-state index contributed by atoms with van der Waals surface area (Å²) >= 11 is 6.08. The Hall–Kier alpha value is -2.05. The third-order valence-electron chi connectivity index (χ3n) is 2.73. The SMILES string of the molecule is Cc1cccn(Cc2ccc(C#N)cc2Cl)c1=O. The molecule has 0 fully saturated rings. The van der Waals surface area contributed by atoms with E-state index in [0.717, 1.165) is 5.56 Å². The summed E-state index contributed by atoms with van der Waals surface area (Å²) in [7, 11) is 0. The van der Waals surface area contributed by atoms with E-state index in [0.29, 0.717) is 22.7 Å². The molecule has 0 atom stereocenters. The van der Waals surface area contributed by atoms with Gasteiger partial charge in [-0.2, -0.15) is 5.26 Å². The Morgan fingerprint density at radius 2 is 2.17 bits per heavy atom. The Balaban J connectivity index is 2.38. The van der Waals surface area contributed by atoms with Crippen LogP contribution in [0.4, 0.5) is 0 Å². The summed E-state index contributed by atoms with van der Waals surface area (Å²) in [6, 6.07) is 10.7. The van der Waals surface area contributed by atoms with Crippen LogP contribution >= 0.6 is 11.6 Å². The van der Waals surface area contributed by atoms with Gasteiger partial charge in [0.2, 0.25) is 0 Å². The lowest BCUT2D eigenvalue weighted by Gasteiger charge is -2.08. The van der Waals surface area contributed by atoms with E-state index in [1.807, 2.05) is 12.1 Å². The Bertz CT molecular complexity index is 683. The van der Waals surface area contributed by atoms with Crippen LogP contribution in [0, 0.1) is 18.3 Å². The second kappa shape index (κ2) is 5.07. The summed E-state index contributed by atoms with van der Waals surface area (Å²) in [4.78, 5) is 11.9. The van der Waals surface area contributed by atoms with Gasteiger partial charge in [-0.05, 0) is 30.7 Å². The first-order chi connectivity index (χ1) is 8.61. The van der Waals surface area contributed by atoms with Crippen LogP contribution in [0.15, 0.2) is 41.3 Å². The van der Waals surface area contributed by atoms with Crippen molar-refractivity contribution >= 4 is 11.6 Å². The molecule has 0 aliphatic heterocycles. The second-order valence-corrected chi connectivity index (χ2v) is 4.45.